The van der Waals surface area contributed by atoms with Crippen LogP contribution in [0.3, 0.4) is 0 Å². The predicted molar refractivity (Wildman–Crippen MR) is 118 cm³/mol. The van der Waals surface area contributed by atoms with Gasteiger partial charge in [-0.1, -0.05) is 13.8 Å². The summed E-state index contributed by atoms with van der Waals surface area (Å²) < 4.78 is 30.5. The van der Waals surface area contributed by atoms with Crippen LogP contribution >= 0.6 is 0 Å². The number of alkyl halides is 2. The van der Waals surface area contributed by atoms with Gasteiger partial charge in [-0.2, -0.15) is 10.2 Å². The maximum atomic E-state index is 13.7. The number of carbonyl (C=O) groups is 1. The van der Waals surface area contributed by atoms with E-state index in [1.807, 2.05) is 19.0 Å². The first-order valence-electron chi connectivity index (χ1n) is 10.9. The van der Waals surface area contributed by atoms with E-state index in [4.69, 9.17) is 0 Å². The molecule has 1 aliphatic rings. The number of rotatable bonds is 6. The monoisotopic (exact) mass is 445 g/mol. The molecule has 10 heteroatoms. The molecule has 3 aromatic rings. The van der Waals surface area contributed by atoms with Crippen LogP contribution < -0.4 is 10.2 Å². The summed E-state index contributed by atoms with van der Waals surface area (Å²) >= 11 is 0. The van der Waals surface area contributed by atoms with Crippen LogP contribution in [0.25, 0.3) is 5.65 Å². The topological polar surface area (TPSA) is 80.4 Å². The molecule has 0 aliphatic heterocycles. The van der Waals surface area contributed by atoms with Crippen molar-refractivity contribution in [2.45, 2.75) is 52.0 Å². The van der Waals surface area contributed by atoms with Gasteiger partial charge in [-0.3, -0.25) is 9.48 Å². The maximum Gasteiger partial charge on any atom is 0.284 e. The third kappa shape index (κ3) is 4.31. The number of hydrogen-bond acceptors (Lipinski definition) is 5. The molecule has 1 saturated carbocycles. The lowest BCUT2D eigenvalue weighted by atomic mass is 9.80. The Bertz CT molecular complexity index is 1100. The highest BCUT2D eigenvalue weighted by Crippen LogP contribution is 2.37. The summed E-state index contributed by atoms with van der Waals surface area (Å²) in [5.74, 6) is 0.732. The normalized spacial score (nSPS) is 19.1. The number of hydrogen-bond donors (Lipinski definition) is 1. The minimum Gasteiger partial charge on any atom is -0.375 e. The van der Waals surface area contributed by atoms with Crippen molar-refractivity contribution in [3.8, 4) is 0 Å². The van der Waals surface area contributed by atoms with E-state index in [9.17, 15) is 13.6 Å². The summed E-state index contributed by atoms with van der Waals surface area (Å²) in [5, 5.41) is 10.9. The summed E-state index contributed by atoms with van der Waals surface area (Å²) in [6, 6.07) is 0.0660. The van der Waals surface area contributed by atoms with Gasteiger partial charge in [0.1, 0.15) is 5.56 Å². The maximum absolute atomic E-state index is 13.7. The molecule has 1 N–H and O–H groups in total. The fraction of sp³-hybridized carbons (Fsp3) is 0.545. The van der Waals surface area contributed by atoms with Gasteiger partial charge in [-0.05, 0) is 37.5 Å². The second-order valence-corrected chi connectivity index (χ2v) is 9.01. The van der Waals surface area contributed by atoms with Crippen molar-refractivity contribution in [2.75, 3.05) is 24.3 Å². The van der Waals surface area contributed by atoms with Crippen molar-refractivity contribution in [3.63, 3.8) is 0 Å². The third-order valence-electron chi connectivity index (χ3n) is 6.38. The fourth-order valence-electron chi connectivity index (χ4n) is 4.33. The van der Waals surface area contributed by atoms with Gasteiger partial charge < -0.3 is 10.2 Å². The highest BCUT2D eigenvalue weighted by atomic mass is 19.3. The fourth-order valence-corrected chi connectivity index (χ4v) is 4.33. The van der Waals surface area contributed by atoms with Crippen LogP contribution in [0.5, 0.6) is 0 Å². The van der Waals surface area contributed by atoms with Crippen LogP contribution in [0, 0.1) is 11.8 Å². The molecular formula is C22H29F2N7O. The molecule has 0 spiro atoms. The Morgan fingerprint density at radius 2 is 1.88 bits per heavy atom. The van der Waals surface area contributed by atoms with Crippen LogP contribution in [0.1, 0.15) is 68.0 Å². The van der Waals surface area contributed by atoms with Gasteiger partial charge in [0.05, 0.1) is 36.0 Å². The summed E-state index contributed by atoms with van der Waals surface area (Å²) in [5.41, 5.74) is 0.997. The molecular weight excluding hydrogens is 416 g/mol. The zero-order valence-corrected chi connectivity index (χ0v) is 18.8. The summed E-state index contributed by atoms with van der Waals surface area (Å²) in [4.78, 5) is 19.1. The van der Waals surface area contributed by atoms with Gasteiger partial charge in [-0.25, -0.2) is 18.3 Å². The van der Waals surface area contributed by atoms with Crippen LogP contribution in [-0.4, -0.2) is 44.4 Å². The Hall–Kier alpha value is -3.04. The highest BCUT2D eigenvalue weighted by molar-refractivity contribution is 6.08. The molecule has 1 fully saturated rings. The molecule has 0 unspecified atom stereocenters. The number of fused-ring (bicyclic) bond motifs is 1. The van der Waals surface area contributed by atoms with E-state index >= 15 is 0 Å². The Labute approximate surface area is 185 Å². The lowest BCUT2D eigenvalue weighted by molar-refractivity contribution is 0.102. The molecule has 8 nitrogen and oxygen atoms in total. The molecule has 1 amide bonds. The van der Waals surface area contributed by atoms with Gasteiger partial charge in [0.2, 0.25) is 0 Å². The number of halogens is 2. The number of nitrogens with zero attached hydrogens (tertiary/aromatic N) is 6. The van der Waals surface area contributed by atoms with Gasteiger partial charge in [-0.15, -0.1) is 0 Å². The summed E-state index contributed by atoms with van der Waals surface area (Å²) in [7, 11) is 3.75. The third-order valence-corrected chi connectivity index (χ3v) is 6.38. The molecule has 3 heterocycles. The molecule has 0 atom stereocenters. The van der Waals surface area contributed by atoms with Crippen molar-refractivity contribution >= 4 is 22.9 Å². The van der Waals surface area contributed by atoms with Crippen LogP contribution in [0.15, 0.2) is 24.8 Å². The van der Waals surface area contributed by atoms with Crippen molar-refractivity contribution in [3.05, 3.63) is 36.0 Å². The van der Waals surface area contributed by atoms with E-state index in [1.54, 1.807) is 17.1 Å². The van der Waals surface area contributed by atoms with Gasteiger partial charge in [0.15, 0.2) is 11.3 Å². The average molecular weight is 446 g/mol. The van der Waals surface area contributed by atoms with E-state index in [1.165, 1.54) is 16.9 Å². The first-order valence-corrected chi connectivity index (χ1v) is 10.9. The number of amides is 1. The van der Waals surface area contributed by atoms with E-state index in [0.717, 1.165) is 31.4 Å². The highest BCUT2D eigenvalue weighted by Gasteiger charge is 2.28. The van der Waals surface area contributed by atoms with E-state index < -0.39 is 18.0 Å². The zero-order chi connectivity index (χ0) is 23.0. The zero-order valence-electron chi connectivity index (χ0n) is 18.8. The summed E-state index contributed by atoms with van der Waals surface area (Å²) in [6.45, 7) is 4.44. The number of aromatic nitrogens is 5. The molecule has 1 aliphatic carbocycles. The van der Waals surface area contributed by atoms with E-state index in [-0.39, 0.29) is 17.3 Å². The van der Waals surface area contributed by atoms with Crippen LogP contribution in [-0.2, 0) is 0 Å². The quantitative estimate of drug-likeness (QED) is 0.601. The molecule has 0 saturated heterocycles. The lowest BCUT2D eigenvalue weighted by Crippen LogP contribution is -2.21. The van der Waals surface area contributed by atoms with Gasteiger partial charge in [0, 0.05) is 20.3 Å². The molecule has 0 radical (unpaired) electrons. The number of nitrogens with one attached hydrogen (secondary N) is 1. The second kappa shape index (κ2) is 8.84. The SMILES string of the molecule is CC(C)C1CCC(n2cc(NC(=O)c3cnn4cc(N(C)C)cnc34)c(C(F)F)n2)CC1. The van der Waals surface area contributed by atoms with Crippen molar-refractivity contribution < 1.29 is 13.6 Å². The van der Waals surface area contributed by atoms with E-state index in [0.29, 0.717) is 17.5 Å². The Morgan fingerprint density at radius 3 is 2.50 bits per heavy atom. The first kappa shape index (κ1) is 22.2. The van der Waals surface area contributed by atoms with Gasteiger partial charge >= 0.3 is 0 Å². The second-order valence-electron chi connectivity index (χ2n) is 9.01. The summed E-state index contributed by atoms with van der Waals surface area (Å²) in [6.07, 6.45) is 7.40. The van der Waals surface area contributed by atoms with Crippen molar-refractivity contribution in [2.24, 2.45) is 11.8 Å². The van der Waals surface area contributed by atoms with Crippen LogP contribution in [0.4, 0.5) is 20.2 Å². The molecule has 172 valence electrons. The number of anilines is 2. The molecule has 4 rings (SSSR count). The Kier molecular flexibility index (Phi) is 6.12. The smallest absolute Gasteiger partial charge is 0.284 e. The average Bonchev–Trinajstić information content (AvgIpc) is 3.37. The largest absolute Gasteiger partial charge is 0.375 e. The Morgan fingerprint density at radius 1 is 1.16 bits per heavy atom. The Balaban J connectivity index is 1.55. The van der Waals surface area contributed by atoms with Gasteiger partial charge in [0.25, 0.3) is 12.3 Å². The molecule has 0 aromatic carbocycles. The number of carbonyl (C=O) groups excluding carboxylic acids is 1. The first-order chi connectivity index (χ1) is 15.2. The van der Waals surface area contributed by atoms with Crippen molar-refractivity contribution in [1.82, 2.24) is 24.4 Å². The standard InChI is InChI=1S/C22H29F2N7O/c1-13(2)14-5-7-15(8-6-14)30-12-18(19(28-30)20(23)24)27-22(32)17-10-26-31-11-16(29(3)4)9-25-21(17)31/h9-15,20H,5-8H2,1-4H3,(H,27,32). The minimum absolute atomic E-state index is 0.0280. The van der Waals surface area contributed by atoms with Crippen molar-refractivity contribution in [1.29, 1.82) is 0 Å². The lowest BCUT2D eigenvalue weighted by Gasteiger charge is -2.30. The molecule has 0 bridgehead atoms. The predicted octanol–water partition coefficient (Wildman–Crippen LogP) is 4.57. The molecule has 3 aromatic heterocycles. The molecule has 32 heavy (non-hydrogen) atoms. The minimum atomic E-state index is -2.79. The van der Waals surface area contributed by atoms with E-state index in [2.05, 4.69) is 34.3 Å². The van der Waals surface area contributed by atoms with Crippen LogP contribution in [0.2, 0.25) is 0 Å².